The summed E-state index contributed by atoms with van der Waals surface area (Å²) in [7, 11) is 0. The molecule has 0 aromatic rings. The molecule has 0 aliphatic rings. The van der Waals surface area contributed by atoms with E-state index < -0.39 is 36.2 Å². The van der Waals surface area contributed by atoms with Crippen LogP contribution in [0.5, 0.6) is 0 Å². The highest BCUT2D eigenvalue weighted by atomic mass is 16.6. The molecule has 2 amide bonds. The summed E-state index contributed by atoms with van der Waals surface area (Å²) in [6.45, 7) is 0.0958. The summed E-state index contributed by atoms with van der Waals surface area (Å²) in [5.41, 5.74) is 20.5. The van der Waals surface area contributed by atoms with E-state index in [-0.39, 0.29) is 26.3 Å². The van der Waals surface area contributed by atoms with Gasteiger partial charge < -0.3 is 42.6 Å². The fourth-order valence-electron chi connectivity index (χ4n) is 1.45. The van der Waals surface area contributed by atoms with E-state index in [0.717, 1.165) is 0 Å². The number of carbonyl (C=O) groups excluding carboxylic acids is 2. The number of hydrogen-bond acceptors (Lipinski definition) is 8. The van der Waals surface area contributed by atoms with Gasteiger partial charge in [0.05, 0.1) is 13.2 Å². The van der Waals surface area contributed by atoms with Crippen LogP contribution in [0.2, 0.25) is 0 Å². The monoisotopic (exact) mass is 294 g/mol. The second kappa shape index (κ2) is 9.58. The lowest BCUT2D eigenvalue weighted by molar-refractivity contribution is -0.168. The molecule has 118 valence electrons. The first-order valence-electron chi connectivity index (χ1n) is 5.94. The van der Waals surface area contributed by atoms with E-state index in [9.17, 15) is 19.8 Å². The van der Waals surface area contributed by atoms with Crippen LogP contribution in [-0.4, -0.2) is 72.7 Å². The van der Waals surface area contributed by atoms with Crippen molar-refractivity contribution in [3.8, 4) is 0 Å². The summed E-state index contributed by atoms with van der Waals surface area (Å²) in [5, 5.41) is 19.3. The maximum absolute atomic E-state index is 11.3. The number of amides is 2. The lowest BCUT2D eigenvalue weighted by Gasteiger charge is -2.30. The van der Waals surface area contributed by atoms with Gasteiger partial charge in [-0.3, -0.25) is 9.59 Å². The van der Waals surface area contributed by atoms with Crippen molar-refractivity contribution in [1.29, 1.82) is 0 Å². The second-order valence-corrected chi connectivity index (χ2v) is 3.94. The Balaban J connectivity index is 5.05. The molecule has 0 aromatic carbocycles. The van der Waals surface area contributed by atoms with Crippen LogP contribution < -0.4 is 22.9 Å². The zero-order valence-corrected chi connectivity index (χ0v) is 11.0. The van der Waals surface area contributed by atoms with Crippen LogP contribution >= 0.6 is 0 Å². The van der Waals surface area contributed by atoms with Crippen LogP contribution in [0.1, 0.15) is 0 Å². The van der Waals surface area contributed by atoms with Crippen molar-refractivity contribution in [3.05, 3.63) is 0 Å². The highest BCUT2D eigenvalue weighted by Crippen LogP contribution is 2.12. The highest BCUT2D eigenvalue weighted by molar-refractivity contribution is 5.81. The van der Waals surface area contributed by atoms with Crippen LogP contribution in [0.25, 0.3) is 0 Å². The van der Waals surface area contributed by atoms with Crippen molar-refractivity contribution in [2.24, 2.45) is 22.9 Å². The molecule has 10 heteroatoms. The van der Waals surface area contributed by atoms with Gasteiger partial charge in [-0.05, 0) is 0 Å². The van der Waals surface area contributed by atoms with E-state index in [1.165, 1.54) is 0 Å². The van der Waals surface area contributed by atoms with E-state index in [0.29, 0.717) is 0 Å². The fourth-order valence-corrected chi connectivity index (χ4v) is 1.45. The number of aliphatic hydroxyl groups excluding tert-OH is 2. The number of rotatable bonds is 11. The number of primary amides is 2. The Morgan fingerprint density at radius 2 is 1.45 bits per heavy atom. The van der Waals surface area contributed by atoms with Gasteiger partial charge in [0.1, 0.15) is 12.2 Å². The average molecular weight is 294 g/mol. The topological polar surface area (TPSA) is 197 Å². The van der Waals surface area contributed by atoms with E-state index in [1.807, 2.05) is 0 Å². The van der Waals surface area contributed by atoms with Crippen LogP contribution in [0.4, 0.5) is 0 Å². The van der Waals surface area contributed by atoms with Gasteiger partial charge in [0, 0.05) is 13.1 Å². The molecule has 10 N–H and O–H groups in total. The first-order valence-corrected chi connectivity index (χ1v) is 5.94. The Hall–Kier alpha value is -1.30. The minimum atomic E-state index is -1.94. The lowest BCUT2D eigenvalue weighted by Crippen LogP contribution is -2.55. The first-order chi connectivity index (χ1) is 9.36. The van der Waals surface area contributed by atoms with E-state index in [2.05, 4.69) is 0 Å². The molecule has 0 aliphatic carbocycles. The average Bonchev–Trinajstić information content (AvgIpc) is 2.40. The van der Waals surface area contributed by atoms with Crippen molar-refractivity contribution in [2.45, 2.75) is 24.4 Å². The molecule has 10 nitrogen and oxygen atoms in total. The van der Waals surface area contributed by atoms with Crippen LogP contribution in [-0.2, 0) is 19.1 Å². The minimum Gasteiger partial charge on any atom is -0.387 e. The zero-order chi connectivity index (χ0) is 15.7. The molecule has 0 heterocycles. The fraction of sp³-hybridized carbons (Fsp3) is 0.800. The third-order valence-corrected chi connectivity index (χ3v) is 2.37. The van der Waals surface area contributed by atoms with Crippen molar-refractivity contribution in [1.82, 2.24) is 0 Å². The van der Waals surface area contributed by atoms with E-state index >= 15 is 0 Å². The highest BCUT2D eigenvalue weighted by Gasteiger charge is 2.39. The predicted octanol–water partition coefficient (Wildman–Crippen LogP) is -4.63. The first kappa shape index (κ1) is 18.7. The normalized spacial score (nSPS) is 17.2. The second-order valence-electron chi connectivity index (χ2n) is 3.94. The third kappa shape index (κ3) is 5.77. The SMILES string of the molecule is NCCO[C@@H]([C@H](O)[C@H](O)C(N)=O)[C@@H](OCCN)C(N)=O. The minimum absolute atomic E-state index is 0.0323. The summed E-state index contributed by atoms with van der Waals surface area (Å²) in [6.07, 6.45) is -6.55. The molecule has 4 atom stereocenters. The summed E-state index contributed by atoms with van der Waals surface area (Å²) in [4.78, 5) is 22.2. The predicted molar refractivity (Wildman–Crippen MR) is 68.0 cm³/mol. The molecule has 0 radical (unpaired) electrons. The Labute approximate surface area is 116 Å². The summed E-state index contributed by atoms with van der Waals surface area (Å²) >= 11 is 0. The van der Waals surface area contributed by atoms with Gasteiger partial charge in [0.2, 0.25) is 11.8 Å². The molecular weight excluding hydrogens is 272 g/mol. The molecule has 0 saturated heterocycles. The van der Waals surface area contributed by atoms with Crippen molar-refractivity contribution in [2.75, 3.05) is 26.3 Å². The van der Waals surface area contributed by atoms with Gasteiger partial charge in [-0.2, -0.15) is 0 Å². The van der Waals surface area contributed by atoms with Gasteiger partial charge in [0.15, 0.2) is 12.2 Å². The summed E-state index contributed by atoms with van der Waals surface area (Å²) in [5.74, 6) is -2.13. The lowest BCUT2D eigenvalue weighted by atomic mass is 10.0. The number of carbonyl (C=O) groups is 2. The number of nitrogens with two attached hydrogens (primary N) is 4. The van der Waals surface area contributed by atoms with Gasteiger partial charge in [0.25, 0.3) is 0 Å². The molecule has 0 fully saturated rings. The van der Waals surface area contributed by atoms with E-state index in [1.54, 1.807) is 0 Å². The largest absolute Gasteiger partial charge is 0.387 e. The molecule has 0 saturated carbocycles. The number of ether oxygens (including phenoxy) is 2. The molecular formula is C10H22N4O6. The Morgan fingerprint density at radius 1 is 0.950 bits per heavy atom. The molecule has 0 bridgehead atoms. The Morgan fingerprint density at radius 3 is 1.85 bits per heavy atom. The molecule has 0 spiro atoms. The van der Waals surface area contributed by atoms with Crippen LogP contribution in [0, 0.1) is 0 Å². The van der Waals surface area contributed by atoms with Gasteiger partial charge in [-0.1, -0.05) is 0 Å². The standard InChI is InChI=1S/C10H22N4O6/c11-1-3-19-7(5(15)6(16)9(13)17)8(10(14)18)20-4-2-12/h5-8,15-16H,1-4,11-12H2,(H2,13,17)(H2,14,18)/t5-,6+,7+,8-/m1/s1. The zero-order valence-electron chi connectivity index (χ0n) is 11.0. The molecule has 0 rings (SSSR count). The Kier molecular flexibility index (Phi) is 8.96. The molecule has 0 unspecified atom stereocenters. The Bertz CT molecular complexity index is 316. The van der Waals surface area contributed by atoms with Gasteiger partial charge in [-0.15, -0.1) is 0 Å². The van der Waals surface area contributed by atoms with Crippen LogP contribution in [0.15, 0.2) is 0 Å². The van der Waals surface area contributed by atoms with E-state index in [4.69, 9.17) is 32.4 Å². The summed E-state index contributed by atoms with van der Waals surface area (Å²) < 4.78 is 10.2. The quantitative estimate of drug-likeness (QED) is 0.218. The van der Waals surface area contributed by atoms with Crippen molar-refractivity contribution < 1.29 is 29.3 Å². The smallest absolute Gasteiger partial charge is 0.249 e. The molecule has 0 aliphatic heterocycles. The summed E-state index contributed by atoms with van der Waals surface area (Å²) in [6, 6.07) is 0. The third-order valence-electron chi connectivity index (χ3n) is 2.37. The number of aliphatic hydroxyl groups is 2. The molecule has 0 aromatic heterocycles. The maximum atomic E-state index is 11.3. The van der Waals surface area contributed by atoms with Crippen molar-refractivity contribution >= 4 is 11.8 Å². The number of hydrogen-bond donors (Lipinski definition) is 6. The molecule has 20 heavy (non-hydrogen) atoms. The van der Waals surface area contributed by atoms with Crippen molar-refractivity contribution in [3.63, 3.8) is 0 Å². The van der Waals surface area contributed by atoms with Gasteiger partial charge in [-0.25, -0.2) is 0 Å². The maximum Gasteiger partial charge on any atom is 0.249 e. The van der Waals surface area contributed by atoms with Gasteiger partial charge >= 0.3 is 0 Å². The van der Waals surface area contributed by atoms with Crippen LogP contribution in [0.3, 0.4) is 0 Å².